The van der Waals surface area contributed by atoms with Crippen molar-refractivity contribution in [3.05, 3.63) is 5.69 Å². The highest BCUT2D eigenvalue weighted by Crippen LogP contribution is 2.18. The van der Waals surface area contributed by atoms with E-state index >= 15 is 0 Å². The maximum Gasteiger partial charge on any atom is 0.132 e. The molecule has 5 heteroatoms. The van der Waals surface area contributed by atoms with Gasteiger partial charge in [0.15, 0.2) is 0 Å². The summed E-state index contributed by atoms with van der Waals surface area (Å²) in [6.07, 6.45) is 0. The maximum absolute atomic E-state index is 5.72. The van der Waals surface area contributed by atoms with E-state index in [2.05, 4.69) is 42.3 Å². The molecule has 14 heavy (non-hydrogen) atoms. The van der Waals surface area contributed by atoms with Crippen molar-refractivity contribution in [2.24, 2.45) is 5.41 Å². The number of hydrogen-bond donors (Lipinski definition) is 1. The number of hydrogen-bond acceptors (Lipinski definition) is 5. The van der Waals surface area contributed by atoms with Crippen LogP contribution in [0.1, 0.15) is 26.5 Å². The van der Waals surface area contributed by atoms with Crippen molar-refractivity contribution in [3.63, 3.8) is 0 Å². The fraction of sp³-hybridized carbons (Fsp3) is 0.778. The van der Waals surface area contributed by atoms with Gasteiger partial charge in [-0.2, -0.15) is 0 Å². The lowest BCUT2D eigenvalue weighted by Crippen LogP contribution is -2.29. The minimum atomic E-state index is 0.299. The second kappa shape index (κ2) is 4.23. The Hall–Kier alpha value is -0.680. The van der Waals surface area contributed by atoms with Crippen LogP contribution in [0.3, 0.4) is 0 Å². The van der Waals surface area contributed by atoms with Crippen molar-refractivity contribution in [2.75, 3.05) is 19.3 Å². The molecule has 1 aromatic heterocycles. The molecule has 0 fully saturated rings. The van der Waals surface area contributed by atoms with E-state index in [0.29, 0.717) is 5.41 Å². The van der Waals surface area contributed by atoms with Crippen molar-refractivity contribution in [3.8, 4) is 0 Å². The van der Waals surface area contributed by atoms with Crippen molar-refractivity contribution >= 4 is 16.5 Å². The number of rotatable bonds is 3. The molecule has 0 spiro atoms. The van der Waals surface area contributed by atoms with Crippen LogP contribution in [0.4, 0.5) is 5.00 Å². The van der Waals surface area contributed by atoms with Gasteiger partial charge in [0, 0.05) is 24.6 Å². The molecule has 0 aliphatic heterocycles. The van der Waals surface area contributed by atoms with E-state index in [1.807, 2.05) is 0 Å². The third-order valence-corrected chi connectivity index (χ3v) is 2.34. The van der Waals surface area contributed by atoms with Crippen LogP contribution >= 0.6 is 11.5 Å². The van der Waals surface area contributed by atoms with Crippen LogP contribution in [0.2, 0.25) is 0 Å². The van der Waals surface area contributed by atoms with Crippen molar-refractivity contribution in [2.45, 2.75) is 27.3 Å². The second-order valence-electron chi connectivity index (χ2n) is 4.82. The molecule has 0 saturated carbocycles. The molecule has 0 saturated heterocycles. The summed E-state index contributed by atoms with van der Waals surface area (Å²) in [6, 6.07) is 0. The van der Waals surface area contributed by atoms with E-state index in [4.69, 9.17) is 5.73 Å². The molecule has 0 radical (unpaired) electrons. The van der Waals surface area contributed by atoms with E-state index in [-0.39, 0.29) is 0 Å². The Kier molecular flexibility index (Phi) is 3.44. The summed E-state index contributed by atoms with van der Waals surface area (Å²) < 4.78 is 3.81. The van der Waals surface area contributed by atoms with Gasteiger partial charge in [0.2, 0.25) is 0 Å². The first kappa shape index (κ1) is 11.4. The lowest BCUT2D eigenvalue weighted by atomic mass is 9.96. The van der Waals surface area contributed by atoms with E-state index in [0.717, 1.165) is 23.8 Å². The summed E-state index contributed by atoms with van der Waals surface area (Å²) in [5, 5.41) is 4.72. The molecule has 1 heterocycles. The highest BCUT2D eigenvalue weighted by atomic mass is 32.1. The number of anilines is 1. The van der Waals surface area contributed by atoms with Gasteiger partial charge >= 0.3 is 0 Å². The zero-order valence-electron chi connectivity index (χ0n) is 9.24. The zero-order chi connectivity index (χ0) is 10.8. The summed E-state index contributed by atoms with van der Waals surface area (Å²) in [5.41, 5.74) is 6.91. The highest BCUT2D eigenvalue weighted by Gasteiger charge is 2.15. The lowest BCUT2D eigenvalue weighted by Gasteiger charge is -2.25. The summed E-state index contributed by atoms with van der Waals surface area (Å²) in [4.78, 5) is 2.22. The summed E-state index contributed by atoms with van der Waals surface area (Å²) in [7, 11) is 2.07. The lowest BCUT2D eigenvalue weighted by molar-refractivity contribution is 0.219. The number of nitrogens with two attached hydrogens (primary N) is 1. The number of aromatic nitrogens is 2. The fourth-order valence-corrected chi connectivity index (χ4v) is 1.88. The number of nitrogens with zero attached hydrogens (tertiary/aromatic N) is 3. The average Bonchev–Trinajstić information content (AvgIpc) is 2.32. The number of nitrogen functional groups attached to an aromatic ring is 1. The first-order valence-electron chi connectivity index (χ1n) is 4.64. The van der Waals surface area contributed by atoms with Crippen molar-refractivity contribution in [1.29, 1.82) is 0 Å². The molecular weight excluding hydrogens is 196 g/mol. The molecule has 1 rings (SSSR count). The third-order valence-electron chi connectivity index (χ3n) is 1.75. The van der Waals surface area contributed by atoms with Gasteiger partial charge < -0.3 is 5.73 Å². The molecule has 0 bridgehead atoms. The third kappa shape index (κ3) is 3.59. The molecule has 80 valence electrons. The predicted molar refractivity (Wildman–Crippen MR) is 60.1 cm³/mol. The Labute approximate surface area is 89.3 Å². The molecular formula is C9H18N4S. The van der Waals surface area contributed by atoms with Crippen LogP contribution in [0.15, 0.2) is 0 Å². The van der Waals surface area contributed by atoms with Gasteiger partial charge in [-0.05, 0) is 12.5 Å². The molecule has 2 N–H and O–H groups in total. The predicted octanol–water partition coefficient (Wildman–Crippen LogP) is 1.60. The minimum Gasteiger partial charge on any atom is -0.388 e. The Bertz CT molecular complexity index is 289. The molecule has 0 amide bonds. The van der Waals surface area contributed by atoms with Crippen molar-refractivity contribution < 1.29 is 0 Å². The molecule has 0 unspecified atom stereocenters. The van der Waals surface area contributed by atoms with Gasteiger partial charge in [-0.3, -0.25) is 4.90 Å². The quantitative estimate of drug-likeness (QED) is 0.830. The summed E-state index contributed by atoms with van der Waals surface area (Å²) in [6.45, 7) is 8.44. The monoisotopic (exact) mass is 214 g/mol. The van der Waals surface area contributed by atoms with Crippen LogP contribution in [-0.4, -0.2) is 28.1 Å². The molecule has 0 aliphatic rings. The largest absolute Gasteiger partial charge is 0.388 e. The standard InChI is InChI=1S/C9H18N4S/c1-9(2,3)6-13(4)5-7-8(10)14-12-11-7/h5-6,10H2,1-4H3. The average molecular weight is 214 g/mol. The smallest absolute Gasteiger partial charge is 0.132 e. The molecule has 1 aromatic rings. The van der Waals surface area contributed by atoms with Crippen LogP contribution in [-0.2, 0) is 6.54 Å². The van der Waals surface area contributed by atoms with E-state index in [9.17, 15) is 0 Å². The van der Waals surface area contributed by atoms with E-state index in [1.54, 1.807) is 0 Å². The Morgan fingerprint density at radius 1 is 1.43 bits per heavy atom. The van der Waals surface area contributed by atoms with Crippen LogP contribution in [0.25, 0.3) is 0 Å². The van der Waals surface area contributed by atoms with Crippen LogP contribution < -0.4 is 5.73 Å². The first-order valence-corrected chi connectivity index (χ1v) is 5.41. The SMILES string of the molecule is CN(Cc1nnsc1N)CC(C)(C)C. The van der Waals surface area contributed by atoms with Gasteiger partial charge in [-0.1, -0.05) is 25.3 Å². The van der Waals surface area contributed by atoms with Gasteiger partial charge in [-0.25, -0.2) is 0 Å². The van der Waals surface area contributed by atoms with Crippen LogP contribution in [0, 0.1) is 5.41 Å². The van der Waals surface area contributed by atoms with E-state index in [1.165, 1.54) is 11.5 Å². The zero-order valence-corrected chi connectivity index (χ0v) is 10.1. The van der Waals surface area contributed by atoms with Gasteiger partial charge in [0.25, 0.3) is 0 Å². The minimum absolute atomic E-state index is 0.299. The van der Waals surface area contributed by atoms with Gasteiger partial charge in [-0.15, -0.1) is 5.10 Å². The summed E-state index contributed by atoms with van der Waals surface area (Å²) >= 11 is 1.25. The van der Waals surface area contributed by atoms with Crippen LogP contribution in [0.5, 0.6) is 0 Å². The molecule has 0 atom stereocenters. The second-order valence-corrected chi connectivity index (χ2v) is 5.60. The fourth-order valence-electron chi connectivity index (χ4n) is 1.45. The highest BCUT2D eigenvalue weighted by molar-refractivity contribution is 7.09. The van der Waals surface area contributed by atoms with Crippen molar-refractivity contribution in [1.82, 2.24) is 14.5 Å². The Morgan fingerprint density at radius 3 is 2.50 bits per heavy atom. The molecule has 0 aliphatic carbocycles. The molecule has 4 nitrogen and oxygen atoms in total. The summed E-state index contributed by atoms with van der Waals surface area (Å²) in [5.74, 6) is 0. The van der Waals surface area contributed by atoms with Gasteiger partial charge in [0.05, 0.1) is 0 Å². The van der Waals surface area contributed by atoms with Gasteiger partial charge in [0.1, 0.15) is 10.7 Å². The maximum atomic E-state index is 5.72. The Balaban J connectivity index is 2.50. The Morgan fingerprint density at radius 2 is 2.07 bits per heavy atom. The van der Waals surface area contributed by atoms with E-state index < -0.39 is 0 Å². The normalized spacial score (nSPS) is 12.4. The first-order chi connectivity index (χ1) is 6.38. The molecule has 0 aromatic carbocycles. The topological polar surface area (TPSA) is 55.0 Å².